The minimum Gasteiger partial charge on any atom is -0.345 e. The first-order valence-electron chi connectivity index (χ1n) is 9.93. The number of rotatable bonds is 3. The molecule has 6 rings (SSSR count). The monoisotopic (exact) mass is 386 g/mol. The molecule has 0 saturated heterocycles. The normalized spacial score (nSPS) is 11.3. The number of H-pyrrole nitrogens is 2. The number of hydrogen-bond acceptors (Lipinski definition) is 2. The first-order valence-corrected chi connectivity index (χ1v) is 9.93. The van der Waals surface area contributed by atoms with Crippen LogP contribution in [0.4, 0.5) is 0 Å². The summed E-state index contributed by atoms with van der Waals surface area (Å²) in [5, 5.41) is 2.38. The molecule has 2 aromatic heterocycles. The number of nitrogens with zero attached hydrogens (tertiary/aromatic N) is 2. The van der Waals surface area contributed by atoms with Crippen molar-refractivity contribution in [3.05, 3.63) is 97.3 Å². The van der Waals surface area contributed by atoms with Crippen molar-refractivity contribution in [2.75, 3.05) is 0 Å². The van der Waals surface area contributed by atoms with Gasteiger partial charge >= 0.3 is 0 Å². The van der Waals surface area contributed by atoms with Crippen LogP contribution >= 0.6 is 0 Å². The molecule has 0 unspecified atom stereocenters. The van der Waals surface area contributed by atoms with Crippen LogP contribution in [0.25, 0.3) is 55.7 Å². The van der Waals surface area contributed by atoms with Gasteiger partial charge < -0.3 is 9.97 Å². The molecular formula is C26H18N4. The van der Waals surface area contributed by atoms with Crippen LogP contribution in [-0.2, 0) is 0 Å². The van der Waals surface area contributed by atoms with Crippen molar-refractivity contribution in [2.24, 2.45) is 0 Å². The van der Waals surface area contributed by atoms with Crippen molar-refractivity contribution in [1.82, 2.24) is 19.9 Å². The quantitative estimate of drug-likeness (QED) is 0.368. The average molecular weight is 386 g/mol. The van der Waals surface area contributed by atoms with Crippen LogP contribution in [-0.4, -0.2) is 19.9 Å². The van der Waals surface area contributed by atoms with Crippen LogP contribution in [0, 0.1) is 0 Å². The Morgan fingerprint density at radius 3 is 2.33 bits per heavy atom. The minimum atomic E-state index is 0.885. The lowest BCUT2D eigenvalue weighted by Gasteiger charge is -2.08. The number of hydrogen-bond donors (Lipinski definition) is 2. The van der Waals surface area contributed by atoms with Gasteiger partial charge in [-0.1, -0.05) is 66.7 Å². The number of imidazole rings is 2. The zero-order chi connectivity index (χ0) is 19.9. The molecule has 0 amide bonds. The van der Waals surface area contributed by atoms with Gasteiger partial charge in [0.25, 0.3) is 0 Å². The average Bonchev–Trinajstić information content (AvgIpc) is 3.48. The van der Waals surface area contributed by atoms with E-state index in [9.17, 15) is 0 Å². The second-order valence-corrected chi connectivity index (χ2v) is 7.36. The third-order valence-corrected chi connectivity index (χ3v) is 5.51. The first-order chi connectivity index (χ1) is 14.8. The third kappa shape index (κ3) is 2.78. The molecule has 0 saturated carbocycles. The summed E-state index contributed by atoms with van der Waals surface area (Å²) in [6.45, 7) is 0. The molecule has 0 aliphatic carbocycles. The Labute approximate surface area is 173 Å². The van der Waals surface area contributed by atoms with E-state index in [0.29, 0.717) is 0 Å². The van der Waals surface area contributed by atoms with E-state index in [2.05, 4.69) is 81.7 Å². The highest BCUT2D eigenvalue weighted by molar-refractivity contribution is 5.98. The van der Waals surface area contributed by atoms with Gasteiger partial charge in [-0.3, -0.25) is 0 Å². The number of para-hydroxylation sites is 2. The van der Waals surface area contributed by atoms with E-state index in [-0.39, 0.29) is 0 Å². The molecule has 6 aromatic rings. The maximum Gasteiger partial charge on any atom is 0.139 e. The molecular weight excluding hydrogens is 368 g/mol. The smallest absolute Gasteiger partial charge is 0.139 e. The van der Waals surface area contributed by atoms with Gasteiger partial charge in [0.05, 0.1) is 11.0 Å². The van der Waals surface area contributed by atoms with Crippen molar-refractivity contribution >= 4 is 21.8 Å². The Balaban J connectivity index is 1.41. The summed E-state index contributed by atoms with van der Waals surface area (Å²) in [4.78, 5) is 15.7. The van der Waals surface area contributed by atoms with Crippen LogP contribution in [0.2, 0.25) is 0 Å². The molecule has 0 fully saturated rings. The van der Waals surface area contributed by atoms with Crippen LogP contribution in [0.15, 0.2) is 97.3 Å². The largest absolute Gasteiger partial charge is 0.345 e. The van der Waals surface area contributed by atoms with Gasteiger partial charge in [-0.05, 0) is 40.1 Å². The molecule has 30 heavy (non-hydrogen) atoms. The topological polar surface area (TPSA) is 57.4 Å². The van der Waals surface area contributed by atoms with E-state index in [1.54, 1.807) is 6.20 Å². The Kier molecular flexibility index (Phi) is 3.74. The lowest BCUT2D eigenvalue weighted by atomic mass is 9.97. The molecule has 0 bridgehead atoms. The summed E-state index contributed by atoms with van der Waals surface area (Å²) < 4.78 is 0. The fourth-order valence-electron chi connectivity index (χ4n) is 3.99. The number of aromatic amines is 2. The van der Waals surface area contributed by atoms with Crippen LogP contribution in [0.1, 0.15) is 0 Å². The van der Waals surface area contributed by atoms with Crippen LogP contribution in [0.3, 0.4) is 0 Å². The summed E-state index contributed by atoms with van der Waals surface area (Å²) in [6, 6.07) is 29.6. The van der Waals surface area contributed by atoms with E-state index in [0.717, 1.165) is 33.8 Å². The standard InChI is InChI=1S/C26H18N4/c1-2-7-24-23(6-1)29-26(30-24)22-5-3-4-20-16-19(12-13-21(20)22)17-8-10-18(11-9-17)25-27-14-15-28-25/h1-16H,(H,27,28)(H,29,30). The summed E-state index contributed by atoms with van der Waals surface area (Å²) in [7, 11) is 0. The Morgan fingerprint density at radius 1 is 0.667 bits per heavy atom. The highest BCUT2D eigenvalue weighted by atomic mass is 14.9. The summed E-state index contributed by atoms with van der Waals surface area (Å²) in [5.74, 6) is 1.79. The highest BCUT2D eigenvalue weighted by Gasteiger charge is 2.10. The predicted octanol–water partition coefficient (Wildman–Crippen LogP) is 6.44. The first kappa shape index (κ1) is 16.7. The summed E-state index contributed by atoms with van der Waals surface area (Å²) in [5.41, 5.74) is 6.60. The third-order valence-electron chi connectivity index (χ3n) is 5.51. The number of benzene rings is 4. The summed E-state index contributed by atoms with van der Waals surface area (Å²) >= 11 is 0. The predicted molar refractivity (Wildman–Crippen MR) is 122 cm³/mol. The van der Waals surface area contributed by atoms with Gasteiger partial charge in [0.1, 0.15) is 11.6 Å². The molecule has 2 N–H and O–H groups in total. The molecule has 0 aliphatic heterocycles. The van der Waals surface area contributed by atoms with Gasteiger partial charge in [0.2, 0.25) is 0 Å². The van der Waals surface area contributed by atoms with Crippen molar-refractivity contribution in [3.63, 3.8) is 0 Å². The highest BCUT2D eigenvalue weighted by Crippen LogP contribution is 2.32. The van der Waals surface area contributed by atoms with Crippen LogP contribution < -0.4 is 0 Å². The molecule has 142 valence electrons. The van der Waals surface area contributed by atoms with Gasteiger partial charge in [0.15, 0.2) is 0 Å². The van der Waals surface area contributed by atoms with Gasteiger partial charge in [-0.25, -0.2) is 9.97 Å². The van der Waals surface area contributed by atoms with Crippen molar-refractivity contribution < 1.29 is 0 Å². The van der Waals surface area contributed by atoms with E-state index in [1.807, 2.05) is 24.4 Å². The van der Waals surface area contributed by atoms with Crippen molar-refractivity contribution in [1.29, 1.82) is 0 Å². The molecule has 0 spiro atoms. The number of aromatic nitrogens is 4. The van der Waals surface area contributed by atoms with Crippen LogP contribution in [0.5, 0.6) is 0 Å². The molecule has 2 heterocycles. The molecule has 0 aliphatic rings. The zero-order valence-electron chi connectivity index (χ0n) is 16.1. The van der Waals surface area contributed by atoms with E-state index in [4.69, 9.17) is 4.98 Å². The van der Waals surface area contributed by atoms with Gasteiger partial charge in [-0.15, -0.1) is 0 Å². The maximum absolute atomic E-state index is 4.78. The van der Waals surface area contributed by atoms with Gasteiger partial charge in [0, 0.05) is 23.5 Å². The number of nitrogens with one attached hydrogen (secondary N) is 2. The Morgan fingerprint density at radius 2 is 1.50 bits per heavy atom. The minimum absolute atomic E-state index is 0.885. The van der Waals surface area contributed by atoms with E-state index in [1.165, 1.54) is 21.9 Å². The fraction of sp³-hybridized carbons (Fsp3) is 0. The molecule has 4 nitrogen and oxygen atoms in total. The van der Waals surface area contributed by atoms with E-state index >= 15 is 0 Å². The summed E-state index contributed by atoms with van der Waals surface area (Å²) in [6.07, 6.45) is 3.61. The molecule has 0 radical (unpaired) electrons. The second-order valence-electron chi connectivity index (χ2n) is 7.36. The lowest BCUT2D eigenvalue weighted by Crippen LogP contribution is -1.86. The molecule has 4 heteroatoms. The fourth-order valence-corrected chi connectivity index (χ4v) is 3.99. The lowest BCUT2D eigenvalue weighted by molar-refractivity contribution is 1.31. The number of fused-ring (bicyclic) bond motifs is 2. The van der Waals surface area contributed by atoms with Crippen molar-refractivity contribution in [2.45, 2.75) is 0 Å². The van der Waals surface area contributed by atoms with Crippen molar-refractivity contribution in [3.8, 4) is 33.9 Å². The van der Waals surface area contributed by atoms with E-state index < -0.39 is 0 Å². The Hall–Kier alpha value is -4.18. The maximum atomic E-state index is 4.78. The second kappa shape index (κ2) is 6.71. The zero-order valence-corrected chi connectivity index (χ0v) is 16.1. The molecule has 4 aromatic carbocycles. The van der Waals surface area contributed by atoms with Gasteiger partial charge in [-0.2, -0.15) is 0 Å². The molecule has 0 atom stereocenters. The SMILES string of the molecule is c1cc(-c2nc3ccccc3[nH]2)c2ccc(-c3ccc(-c4ncc[nH]4)cc3)cc2c1. The Bertz CT molecular complexity index is 1440.